The van der Waals surface area contributed by atoms with Gasteiger partial charge < -0.3 is 15.5 Å². The Balaban J connectivity index is 1.46. The third kappa shape index (κ3) is 3.73. The summed E-state index contributed by atoms with van der Waals surface area (Å²) in [7, 11) is 0. The van der Waals surface area contributed by atoms with Crippen LogP contribution in [0.15, 0.2) is 24.4 Å². The first-order valence-electron chi connectivity index (χ1n) is 8.00. The summed E-state index contributed by atoms with van der Waals surface area (Å²) >= 11 is 0. The highest BCUT2D eigenvalue weighted by Gasteiger charge is 2.25. The molecule has 2 fully saturated rings. The fourth-order valence-corrected chi connectivity index (χ4v) is 3.19. The van der Waals surface area contributed by atoms with Crippen LogP contribution in [0.2, 0.25) is 0 Å². The number of nitrogens with zero attached hydrogens (tertiary/aromatic N) is 2. The summed E-state index contributed by atoms with van der Waals surface area (Å²) in [6.07, 6.45) is 5.96. The van der Waals surface area contributed by atoms with Crippen LogP contribution in [-0.2, 0) is 4.79 Å². The number of piperidine rings is 2. The number of rotatable bonds is 3. The average molecular weight is 288 g/mol. The van der Waals surface area contributed by atoms with E-state index in [1.165, 1.54) is 0 Å². The van der Waals surface area contributed by atoms with E-state index < -0.39 is 0 Å². The van der Waals surface area contributed by atoms with E-state index >= 15 is 0 Å². The van der Waals surface area contributed by atoms with Crippen molar-refractivity contribution in [1.82, 2.24) is 15.6 Å². The Morgan fingerprint density at radius 2 is 2.14 bits per heavy atom. The Kier molecular flexibility index (Phi) is 4.70. The molecule has 3 heterocycles. The maximum absolute atomic E-state index is 12.2. The first kappa shape index (κ1) is 14.3. The van der Waals surface area contributed by atoms with Gasteiger partial charge in [0.15, 0.2) is 0 Å². The molecule has 0 saturated carbocycles. The van der Waals surface area contributed by atoms with Crippen LogP contribution in [0.4, 0.5) is 5.82 Å². The second-order valence-corrected chi connectivity index (χ2v) is 6.00. The summed E-state index contributed by atoms with van der Waals surface area (Å²) in [5, 5.41) is 6.54. The van der Waals surface area contributed by atoms with E-state index in [0.717, 1.165) is 57.7 Å². The molecule has 2 saturated heterocycles. The first-order valence-corrected chi connectivity index (χ1v) is 8.00. The lowest BCUT2D eigenvalue weighted by Crippen LogP contribution is -2.48. The normalized spacial score (nSPS) is 23.8. The van der Waals surface area contributed by atoms with Crippen molar-refractivity contribution in [1.29, 1.82) is 0 Å². The molecule has 0 aromatic carbocycles. The van der Waals surface area contributed by atoms with Crippen LogP contribution in [-0.4, -0.2) is 43.1 Å². The van der Waals surface area contributed by atoms with Gasteiger partial charge in [0.05, 0.1) is 5.92 Å². The average Bonchev–Trinajstić information content (AvgIpc) is 2.57. The maximum atomic E-state index is 12.2. The van der Waals surface area contributed by atoms with Crippen molar-refractivity contribution in [3.8, 4) is 0 Å². The fourth-order valence-electron chi connectivity index (χ4n) is 3.19. The van der Waals surface area contributed by atoms with Gasteiger partial charge in [-0.1, -0.05) is 6.07 Å². The van der Waals surface area contributed by atoms with Crippen LogP contribution in [0, 0.1) is 5.92 Å². The Morgan fingerprint density at radius 3 is 2.81 bits per heavy atom. The predicted octanol–water partition coefficient (Wildman–Crippen LogP) is 1.17. The summed E-state index contributed by atoms with van der Waals surface area (Å²) < 4.78 is 0. The Morgan fingerprint density at radius 1 is 1.29 bits per heavy atom. The van der Waals surface area contributed by atoms with Crippen molar-refractivity contribution >= 4 is 11.7 Å². The van der Waals surface area contributed by atoms with Crippen LogP contribution in [0.5, 0.6) is 0 Å². The zero-order valence-corrected chi connectivity index (χ0v) is 12.4. The molecule has 1 amide bonds. The number of hydrogen-bond donors (Lipinski definition) is 2. The molecule has 5 heteroatoms. The third-order valence-electron chi connectivity index (χ3n) is 4.48. The summed E-state index contributed by atoms with van der Waals surface area (Å²) in [5.41, 5.74) is 0. The van der Waals surface area contributed by atoms with Gasteiger partial charge >= 0.3 is 0 Å². The van der Waals surface area contributed by atoms with E-state index in [1.54, 1.807) is 0 Å². The molecule has 0 aliphatic carbocycles. The van der Waals surface area contributed by atoms with E-state index in [1.807, 2.05) is 24.4 Å². The lowest BCUT2D eigenvalue weighted by atomic mass is 9.97. The highest BCUT2D eigenvalue weighted by Crippen LogP contribution is 2.18. The highest BCUT2D eigenvalue weighted by molar-refractivity contribution is 5.79. The number of hydrogen-bond acceptors (Lipinski definition) is 4. The van der Waals surface area contributed by atoms with E-state index in [0.29, 0.717) is 6.04 Å². The van der Waals surface area contributed by atoms with Crippen molar-refractivity contribution in [2.45, 2.75) is 31.7 Å². The number of aromatic nitrogens is 1. The van der Waals surface area contributed by atoms with E-state index in [2.05, 4.69) is 20.5 Å². The van der Waals surface area contributed by atoms with E-state index in [-0.39, 0.29) is 11.8 Å². The Hall–Kier alpha value is -1.62. The summed E-state index contributed by atoms with van der Waals surface area (Å²) in [4.78, 5) is 18.9. The van der Waals surface area contributed by atoms with Crippen molar-refractivity contribution in [2.24, 2.45) is 5.92 Å². The largest absolute Gasteiger partial charge is 0.356 e. The second kappa shape index (κ2) is 6.89. The topological polar surface area (TPSA) is 57.3 Å². The number of carbonyl (C=O) groups excluding carboxylic acids is 1. The van der Waals surface area contributed by atoms with Crippen molar-refractivity contribution in [3.63, 3.8) is 0 Å². The van der Waals surface area contributed by atoms with Crippen LogP contribution in [0.1, 0.15) is 25.7 Å². The summed E-state index contributed by atoms with van der Waals surface area (Å²) in [6, 6.07) is 6.33. The minimum Gasteiger partial charge on any atom is -0.356 e. The third-order valence-corrected chi connectivity index (χ3v) is 4.48. The van der Waals surface area contributed by atoms with Crippen LogP contribution in [0.3, 0.4) is 0 Å². The van der Waals surface area contributed by atoms with E-state index in [4.69, 9.17) is 0 Å². The lowest BCUT2D eigenvalue weighted by Gasteiger charge is -2.34. The predicted molar refractivity (Wildman–Crippen MR) is 83.2 cm³/mol. The van der Waals surface area contributed by atoms with Gasteiger partial charge in [-0.05, 0) is 44.4 Å². The molecule has 0 radical (unpaired) electrons. The number of pyridine rings is 1. The first-order chi connectivity index (χ1) is 10.3. The van der Waals surface area contributed by atoms with Gasteiger partial charge in [-0.3, -0.25) is 4.79 Å². The molecular formula is C16H24N4O. The van der Waals surface area contributed by atoms with Crippen molar-refractivity contribution in [3.05, 3.63) is 24.4 Å². The van der Waals surface area contributed by atoms with Crippen LogP contribution >= 0.6 is 0 Å². The van der Waals surface area contributed by atoms with Crippen LogP contribution in [0.25, 0.3) is 0 Å². The highest BCUT2D eigenvalue weighted by atomic mass is 16.2. The molecule has 1 aromatic heterocycles. The SMILES string of the molecule is O=C(NC1CCN(c2ccccn2)CC1)[C@H]1CCCNC1. The number of amides is 1. The minimum absolute atomic E-state index is 0.160. The molecule has 3 rings (SSSR count). The molecule has 0 bridgehead atoms. The molecule has 1 aromatic rings. The van der Waals surface area contributed by atoms with Gasteiger partial charge in [-0.2, -0.15) is 0 Å². The van der Waals surface area contributed by atoms with Gasteiger partial charge in [0, 0.05) is 31.9 Å². The van der Waals surface area contributed by atoms with Gasteiger partial charge in [0.2, 0.25) is 5.91 Å². The zero-order valence-electron chi connectivity index (χ0n) is 12.4. The maximum Gasteiger partial charge on any atom is 0.224 e. The standard InChI is InChI=1S/C16H24N4O/c21-16(13-4-3-8-17-12-13)19-14-6-10-20(11-7-14)15-5-1-2-9-18-15/h1-2,5,9,13-14,17H,3-4,6-8,10-12H2,(H,19,21)/t13-/m0/s1. The second-order valence-electron chi connectivity index (χ2n) is 6.00. The van der Waals surface area contributed by atoms with Crippen molar-refractivity contribution in [2.75, 3.05) is 31.1 Å². The molecule has 0 spiro atoms. The molecule has 0 unspecified atom stereocenters. The van der Waals surface area contributed by atoms with Gasteiger partial charge in [0.1, 0.15) is 5.82 Å². The van der Waals surface area contributed by atoms with Crippen LogP contribution < -0.4 is 15.5 Å². The quantitative estimate of drug-likeness (QED) is 0.876. The van der Waals surface area contributed by atoms with Gasteiger partial charge in [-0.15, -0.1) is 0 Å². The fraction of sp³-hybridized carbons (Fsp3) is 0.625. The molecule has 5 nitrogen and oxygen atoms in total. The number of carbonyl (C=O) groups is 1. The smallest absolute Gasteiger partial charge is 0.224 e. The molecule has 114 valence electrons. The summed E-state index contributed by atoms with van der Waals surface area (Å²) in [6.45, 7) is 3.81. The van der Waals surface area contributed by atoms with Crippen molar-refractivity contribution < 1.29 is 4.79 Å². The Bertz CT molecular complexity index is 451. The monoisotopic (exact) mass is 288 g/mol. The number of nitrogens with one attached hydrogen (secondary N) is 2. The summed E-state index contributed by atoms with van der Waals surface area (Å²) in [5.74, 6) is 1.44. The molecule has 1 atom stereocenters. The molecule has 21 heavy (non-hydrogen) atoms. The minimum atomic E-state index is 0.160. The molecular weight excluding hydrogens is 264 g/mol. The molecule has 2 N–H and O–H groups in total. The Labute approximate surface area is 126 Å². The molecule has 2 aliphatic rings. The van der Waals surface area contributed by atoms with Gasteiger partial charge in [0.25, 0.3) is 0 Å². The number of anilines is 1. The molecule has 2 aliphatic heterocycles. The lowest BCUT2D eigenvalue weighted by molar-refractivity contribution is -0.126. The van der Waals surface area contributed by atoms with E-state index in [9.17, 15) is 4.79 Å². The zero-order chi connectivity index (χ0) is 14.5. The van der Waals surface area contributed by atoms with Gasteiger partial charge in [-0.25, -0.2) is 4.98 Å².